The summed E-state index contributed by atoms with van der Waals surface area (Å²) in [4.78, 5) is 27.3. The summed E-state index contributed by atoms with van der Waals surface area (Å²) in [5, 5.41) is 0. The second-order valence-corrected chi connectivity index (χ2v) is 9.66. The molecule has 5 nitrogen and oxygen atoms in total. The van der Waals surface area contributed by atoms with E-state index in [1.165, 1.54) is 50.8 Å². The number of aryl methyl sites for hydroxylation is 1. The Balaban J connectivity index is 1.37. The molecular formula is C26H33FN4O. The number of aromatic nitrogens is 2. The van der Waals surface area contributed by atoms with Gasteiger partial charge in [0.05, 0.1) is 0 Å². The second-order valence-electron chi connectivity index (χ2n) is 9.66. The highest BCUT2D eigenvalue weighted by Crippen LogP contribution is 2.34. The maximum Gasteiger partial charge on any atom is 0.228 e. The minimum atomic E-state index is -0.236. The summed E-state index contributed by atoms with van der Waals surface area (Å²) >= 11 is 0. The van der Waals surface area contributed by atoms with Gasteiger partial charge in [0.2, 0.25) is 5.91 Å². The predicted molar refractivity (Wildman–Crippen MR) is 123 cm³/mol. The van der Waals surface area contributed by atoms with E-state index in [9.17, 15) is 9.18 Å². The number of likely N-dealkylation sites (tertiary alicyclic amines) is 1. The monoisotopic (exact) mass is 436 g/mol. The Hall–Kier alpha value is -2.34. The lowest BCUT2D eigenvalue weighted by Gasteiger charge is -2.37. The third-order valence-corrected chi connectivity index (χ3v) is 7.55. The fourth-order valence-electron chi connectivity index (χ4n) is 5.73. The number of anilines is 1. The fourth-order valence-corrected chi connectivity index (χ4v) is 5.73. The van der Waals surface area contributed by atoms with Crippen molar-refractivity contribution in [2.75, 3.05) is 24.5 Å². The first-order valence-electron chi connectivity index (χ1n) is 12.2. The number of amides is 1. The van der Waals surface area contributed by atoms with Crippen LogP contribution in [0.2, 0.25) is 0 Å². The molecule has 1 aromatic carbocycles. The molecule has 3 heterocycles. The minimum Gasteiger partial charge on any atom is -0.300 e. The van der Waals surface area contributed by atoms with Gasteiger partial charge in [-0.2, -0.15) is 0 Å². The molecule has 2 aliphatic heterocycles. The number of hydrogen-bond acceptors (Lipinski definition) is 4. The molecular weight excluding hydrogens is 403 g/mol. The summed E-state index contributed by atoms with van der Waals surface area (Å²) in [6, 6.07) is 7.27. The molecule has 5 rings (SSSR count). The molecule has 1 aliphatic carbocycles. The Morgan fingerprint density at radius 3 is 2.59 bits per heavy atom. The van der Waals surface area contributed by atoms with Crippen LogP contribution in [0.4, 0.5) is 10.2 Å². The van der Waals surface area contributed by atoms with Crippen molar-refractivity contribution in [3.63, 3.8) is 0 Å². The fraction of sp³-hybridized carbons (Fsp3) is 0.577. The molecule has 0 N–H and O–H groups in total. The van der Waals surface area contributed by atoms with E-state index in [-0.39, 0.29) is 11.7 Å². The van der Waals surface area contributed by atoms with Crippen molar-refractivity contribution in [1.29, 1.82) is 0 Å². The standard InChI is InChI=1S/C26H33FN4O/c1-18-23-12-13-24(32)31(16-14-19-8-10-21(27)11-9-19)26(23)29-25(28-18)20-5-4-15-30(17-20)22-6-2-3-7-22/h8-11,20,22H,2-7,12-17H2,1H3/t20-/m0/s1. The van der Waals surface area contributed by atoms with Crippen LogP contribution >= 0.6 is 0 Å². The minimum absolute atomic E-state index is 0.125. The molecule has 2 aromatic rings. The van der Waals surface area contributed by atoms with Crippen molar-refractivity contribution >= 4 is 11.7 Å². The van der Waals surface area contributed by atoms with Crippen LogP contribution in [0.3, 0.4) is 0 Å². The Bertz CT molecular complexity index is 971. The number of nitrogens with zero attached hydrogens (tertiary/aromatic N) is 4. The van der Waals surface area contributed by atoms with Gasteiger partial charge in [-0.3, -0.25) is 14.6 Å². The Morgan fingerprint density at radius 1 is 1.03 bits per heavy atom. The third-order valence-electron chi connectivity index (χ3n) is 7.55. The Morgan fingerprint density at radius 2 is 1.81 bits per heavy atom. The van der Waals surface area contributed by atoms with Gasteiger partial charge in [-0.15, -0.1) is 0 Å². The van der Waals surface area contributed by atoms with Crippen molar-refractivity contribution < 1.29 is 9.18 Å². The molecule has 32 heavy (non-hydrogen) atoms. The highest BCUT2D eigenvalue weighted by Gasteiger charge is 2.32. The number of fused-ring (bicyclic) bond motifs is 1. The van der Waals surface area contributed by atoms with Gasteiger partial charge in [0, 0.05) is 42.7 Å². The van der Waals surface area contributed by atoms with Gasteiger partial charge >= 0.3 is 0 Å². The van der Waals surface area contributed by atoms with E-state index >= 15 is 0 Å². The Labute approximate surface area is 190 Å². The summed E-state index contributed by atoms with van der Waals surface area (Å²) < 4.78 is 13.2. The molecule has 0 spiro atoms. The lowest BCUT2D eigenvalue weighted by atomic mass is 9.94. The molecule has 0 unspecified atom stereocenters. The van der Waals surface area contributed by atoms with Crippen molar-refractivity contribution in [2.45, 2.75) is 76.7 Å². The first-order chi connectivity index (χ1) is 15.6. The van der Waals surface area contributed by atoms with Gasteiger partial charge < -0.3 is 0 Å². The quantitative estimate of drug-likeness (QED) is 0.689. The smallest absolute Gasteiger partial charge is 0.228 e. The summed E-state index contributed by atoms with van der Waals surface area (Å²) in [6.45, 7) is 4.85. The lowest BCUT2D eigenvalue weighted by molar-refractivity contribution is -0.118. The molecule has 1 amide bonds. The van der Waals surface area contributed by atoms with Gasteiger partial charge in [0.25, 0.3) is 0 Å². The zero-order valence-electron chi connectivity index (χ0n) is 19.0. The topological polar surface area (TPSA) is 49.3 Å². The van der Waals surface area contributed by atoms with Crippen molar-refractivity contribution in [2.24, 2.45) is 0 Å². The van der Waals surface area contributed by atoms with Crippen LogP contribution in [0.15, 0.2) is 24.3 Å². The molecule has 170 valence electrons. The molecule has 1 atom stereocenters. The van der Waals surface area contributed by atoms with Gasteiger partial charge in [-0.25, -0.2) is 14.4 Å². The van der Waals surface area contributed by atoms with Crippen LogP contribution in [0, 0.1) is 12.7 Å². The maximum atomic E-state index is 13.2. The zero-order chi connectivity index (χ0) is 22.1. The van der Waals surface area contributed by atoms with E-state index in [0.717, 1.165) is 47.5 Å². The van der Waals surface area contributed by atoms with E-state index in [2.05, 4.69) is 11.8 Å². The lowest BCUT2D eigenvalue weighted by Crippen LogP contribution is -2.42. The van der Waals surface area contributed by atoms with Gasteiger partial charge in [0.1, 0.15) is 17.5 Å². The van der Waals surface area contributed by atoms with E-state index in [0.29, 0.717) is 31.7 Å². The number of carbonyl (C=O) groups is 1. The summed E-state index contributed by atoms with van der Waals surface area (Å²) in [7, 11) is 0. The third kappa shape index (κ3) is 4.42. The molecule has 1 saturated carbocycles. The van der Waals surface area contributed by atoms with E-state index < -0.39 is 0 Å². The van der Waals surface area contributed by atoms with Crippen molar-refractivity contribution in [1.82, 2.24) is 14.9 Å². The summed E-state index contributed by atoms with van der Waals surface area (Å²) in [5.41, 5.74) is 3.15. The van der Waals surface area contributed by atoms with Crippen LogP contribution in [0.1, 0.15) is 73.5 Å². The predicted octanol–water partition coefficient (Wildman–Crippen LogP) is 4.57. The molecule has 1 aromatic heterocycles. The molecule has 1 saturated heterocycles. The first kappa shape index (κ1) is 21.5. The molecule has 6 heteroatoms. The van der Waals surface area contributed by atoms with Crippen LogP contribution in [-0.4, -0.2) is 46.5 Å². The van der Waals surface area contributed by atoms with Crippen LogP contribution in [0.5, 0.6) is 0 Å². The SMILES string of the molecule is Cc1nc([C@H]2CCCN(C3CCCC3)C2)nc2c1CCC(=O)N2CCc1ccc(F)cc1. The largest absolute Gasteiger partial charge is 0.300 e. The molecule has 0 radical (unpaired) electrons. The molecule has 3 aliphatic rings. The van der Waals surface area contributed by atoms with E-state index in [4.69, 9.17) is 9.97 Å². The van der Waals surface area contributed by atoms with Crippen LogP contribution in [0.25, 0.3) is 0 Å². The second kappa shape index (κ2) is 9.26. The average molecular weight is 437 g/mol. The normalized spacial score (nSPS) is 22.4. The molecule has 0 bridgehead atoms. The number of carbonyl (C=O) groups excluding carboxylic acids is 1. The van der Waals surface area contributed by atoms with Gasteiger partial charge in [-0.1, -0.05) is 25.0 Å². The van der Waals surface area contributed by atoms with E-state index in [1.54, 1.807) is 12.1 Å². The van der Waals surface area contributed by atoms with Crippen LogP contribution < -0.4 is 4.90 Å². The summed E-state index contributed by atoms with van der Waals surface area (Å²) in [6.07, 6.45) is 9.55. The van der Waals surface area contributed by atoms with Crippen molar-refractivity contribution in [3.05, 3.63) is 52.7 Å². The number of benzene rings is 1. The van der Waals surface area contributed by atoms with Gasteiger partial charge in [-0.05, 0) is 69.7 Å². The molecule has 2 fully saturated rings. The zero-order valence-corrected chi connectivity index (χ0v) is 19.0. The maximum absolute atomic E-state index is 13.2. The number of halogens is 1. The van der Waals surface area contributed by atoms with Crippen molar-refractivity contribution in [3.8, 4) is 0 Å². The average Bonchev–Trinajstić information content (AvgIpc) is 3.35. The number of rotatable bonds is 5. The number of piperidine rings is 1. The Kier molecular flexibility index (Phi) is 6.22. The number of hydrogen-bond donors (Lipinski definition) is 0. The van der Waals surface area contributed by atoms with E-state index in [1.807, 2.05) is 4.90 Å². The first-order valence-corrected chi connectivity index (χ1v) is 12.2. The highest BCUT2D eigenvalue weighted by atomic mass is 19.1. The van der Waals surface area contributed by atoms with Gasteiger partial charge in [0.15, 0.2) is 0 Å². The highest BCUT2D eigenvalue weighted by molar-refractivity contribution is 5.95. The summed E-state index contributed by atoms with van der Waals surface area (Å²) in [5.74, 6) is 1.94. The van der Waals surface area contributed by atoms with Crippen LogP contribution in [-0.2, 0) is 17.6 Å².